The number of benzene rings is 1. The van der Waals surface area contributed by atoms with Crippen molar-refractivity contribution in [3.63, 3.8) is 0 Å². The number of thiophene rings is 1. The summed E-state index contributed by atoms with van der Waals surface area (Å²) in [5.41, 5.74) is 7.10. The van der Waals surface area contributed by atoms with Gasteiger partial charge >= 0.3 is 0 Å². The van der Waals surface area contributed by atoms with Crippen molar-refractivity contribution in [1.29, 1.82) is 0 Å². The quantitative estimate of drug-likeness (QED) is 0.878. The molecule has 98 valence electrons. The van der Waals surface area contributed by atoms with Gasteiger partial charge in [0.2, 0.25) is 5.91 Å². The van der Waals surface area contributed by atoms with Gasteiger partial charge in [-0.3, -0.25) is 4.79 Å². The monoisotopic (exact) mass is 272 g/mol. The maximum Gasteiger partial charge on any atom is 0.248 e. The molecule has 3 rings (SSSR count). The summed E-state index contributed by atoms with van der Waals surface area (Å²) in [6.45, 7) is 0.943. The van der Waals surface area contributed by atoms with Gasteiger partial charge in [-0.2, -0.15) is 0 Å². The third-order valence-corrected chi connectivity index (χ3v) is 4.41. The number of nitrogens with two attached hydrogens (primary N) is 1. The molecule has 1 aliphatic rings. The first-order valence-corrected chi connectivity index (χ1v) is 7.27. The van der Waals surface area contributed by atoms with E-state index in [4.69, 9.17) is 5.73 Å². The van der Waals surface area contributed by atoms with Crippen LogP contribution in [0.1, 0.15) is 33.1 Å². The Hall–Kier alpha value is -1.65. The van der Waals surface area contributed by atoms with Gasteiger partial charge in [-0.1, -0.05) is 18.2 Å². The Morgan fingerprint density at radius 2 is 2.11 bits per heavy atom. The largest absolute Gasteiger partial charge is 0.366 e. The minimum Gasteiger partial charge on any atom is -0.366 e. The number of hydrogen-bond acceptors (Lipinski definition) is 3. The van der Waals surface area contributed by atoms with Crippen LogP contribution in [0.4, 0.5) is 0 Å². The van der Waals surface area contributed by atoms with Crippen LogP contribution in [0, 0.1) is 0 Å². The predicted molar refractivity (Wildman–Crippen MR) is 77.3 cm³/mol. The van der Waals surface area contributed by atoms with Crippen molar-refractivity contribution in [2.45, 2.75) is 24.9 Å². The maximum absolute atomic E-state index is 11.0. The van der Waals surface area contributed by atoms with Crippen LogP contribution in [-0.4, -0.2) is 11.9 Å². The Bertz CT molecular complexity index is 562. The number of primary amides is 1. The van der Waals surface area contributed by atoms with Gasteiger partial charge < -0.3 is 11.1 Å². The molecule has 0 aliphatic heterocycles. The molecule has 3 N–H and O–H groups in total. The molecule has 1 aromatic heterocycles. The van der Waals surface area contributed by atoms with Crippen LogP contribution >= 0.6 is 11.3 Å². The summed E-state index contributed by atoms with van der Waals surface area (Å²) in [6.07, 6.45) is 1.17. The van der Waals surface area contributed by atoms with E-state index in [1.807, 2.05) is 24.3 Å². The van der Waals surface area contributed by atoms with Crippen molar-refractivity contribution < 1.29 is 4.79 Å². The minimum absolute atomic E-state index is 0.366. The minimum atomic E-state index is -0.366. The Balaban J connectivity index is 1.55. The lowest BCUT2D eigenvalue weighted by atomic mass is 10.1. The number of carbonyl (C=O) groups is 1. The lowest BCUT2D eigenvalue weighted by Crippen LogP contribution is -2.16. The summed E-state index contributed by atoms with van der Waals surface area (Å²) >= 11 is 1.78. The molecule has 1 fully saturated rings. The first-order valence-electron chi connectivity index (χ1n) is 6.39. The topological polar surface area (TPSA) is 55.1 Å². The molecule has 0 bridgehead atoms. The summed E-state index contributed by atoms with van der Waals surface area (Å²) in [4.78, 5) is 12.4. The van der Waals surface area contributed by atoms with Crippen molar-refractivity contribution in [1.82, 2.24) is 5.32 Å². The fourth-order valence-electron chi connectivity index (χ4n) is 2.33. The third kappa shape index (κ3) is 2.85. The van der Waals surface area contributed by atoms with Gasteiger partial charge in [0.05, 0.1) is 0 Å². The normalized spacial score (nSPS) is 21.3. The van der Waals surface area contributed by atoms with E-state index in [2.05, 4.69) is 22.8 Å². The predicted octanol–water partition coefficient (Wildman–Crippen LogP) is 2.49. The number of nitrogens with one attached hydrogen (secondary N) is 1. The van der Waals surface area contributed by atoms with Crippen LogP contribution in [0.15, 0.2) is 41.8 Å². The van der Waals surface area contributed by atoms with Crippen LogP contribution < -0.4 is 11.1 Å². The Kier molecular flexibility index (Phi) is 3.36. The molecule has 2 unspecified atom stereocenters. The molecule has 2 aromatic rings. The number of hydrogen-bond donors (Lipinski definition) is 2. The van der Waals surface area contributed by atoms with E-state index in [0.29, 0.717) is 17.5 Å². The van der Waals surface area contributed by atoms with E-state index >= 15 is 0 Å². The lowest BCUT2D eigenvalue weighted by molar-refractivity contribution is 0.100. The second kappa shape index (κ2) is 5.15. The zero-order valence-corrected chi connectivity index (χ0v) is 11.3. The van der Waals surface area contributed by atoms with E-state index in [1.165, 1.54) is 16.9 Å². The first kappa shape index (κ1) is 12.4. The average molecular weight is 272 g/mol. The SMILES string of the molecule is NC(=O)c1ccc(C2CC2NCc2cccs2)cc1. The van der Waals surface area contributed by atoms with Gasteiger partial charge in [-0.05, 0) is 35.6 Å². The zero-order chi connectivity index (χ0) is 13.2. The van der Waals surface area contributed by atoms with Crippen LogP contribution in [0.25, 0.3) is 0 Å². The fraction of sp³-hybridized carbons (Fsp3) is 0.267. The van der Waals surface area contributed by atoms with E-state index in [1.54, 1.807) is 11.3 Å². The second-order valence-corrected chi connectivity index (χ2v) is 5.93. The van der Waals surface area contributed by atoms with Crippen LogP contribution in [0.2, 0.25) is 0 Å². The summed E-state index contributed by atoms with van der Waals surface area (Å²) in [5, 5.41) is 5.66. The molecule has 4 heteroatoms. The molecule has 3 nitrogen and oxygen atoms in total. The summed E-state index contributed by atoms with van der Waals surface area (Å²) in [5.74, 6) is 0.205. The highest BCUT2D eigenvalue weighted by Crippen LogP contribution is 2.41. The fourth-order valence-corrected chi connectivity index (χ4v) is 2.98. The molecular formula is C15H16N2OS. The van der Waals surface area contributed by atoms with Crippen LogP contribution in [-0.2, 0) is 6.54 Å². The van der Waals surface area contributed by atoms with Crippen LogP contribution in [0.3, 0.4) is 0 Å². The molecule has 19 heavy (non-hydrogen) atoms. The van der Waals surface area contributed by atoms with E-state index in [9.17, 15) is 4.79 Å². The van der Waals surface area contributed by atoms with Crippen molar-refractivity contribution >= 4 is 17.2 Å². The third-order valence-electron chi connectivity index (χ3n) is 3.53. The lowest BCUT2D eigenvalue weighted by Gasteiger charge is -2.03. The summed E-state index contributed by atoms with van der Waals surface area (Å²) in [7, 11) is 0. The Morgan fingerprint density at radius 1 is 1.32 bits per heavy atom. The van der Waals surface area contributed by atoms with E-state index in [-0.39, 0.29) is 5.91 Å². The highest BCUT2D eigenvalue weighted by atomic mass is 32.1. The van der Waals surface area contributed by atoms with E-state index < -0.39 is 0 Å². The van der Waals surface area contributed by atoms with Gasteiger partial charge in [0.1, 0.15) is 0 Å². The highest BCUT2D eigenvalue weighted by molar-refractivity contribution is 7.09. The van der Waals surface area contributed by atoms with E-state index in [0.717, 1.165) is 6.54 Å². The first-order chi connectivity index (χ1) is 9.24. The zero-order valence-electron chi connectivity index (χ0n) is 10.5. The molecule has 1 saturated carbocycles. The maximum atomic E-state index is 11.0. The van der Waals surface area contributed by atoms with Gasteiger partial charge in [0.25, 0.3) is 0 Å². The van der Waals surface area contributed by atoms with Gasteiger partial charge in [0, 0.05) is 28.9 Å². The molecule has 0 saturated heterocycles. The second-order valence-electron chi connectivity index (χ2n) is 4.90. The standard InChI is InChI=1S/C15H16N2OS/c16-15(18)11-5-3-10(4-6-11)13-8-14(13)17-9-12-2-1-7-19-12/h1-7,13-14,17H,8-9H2,(H2,16,18). The number of carbonyl (C=O) groups excluding carboxylic acids is 1. The smallest absolute Gasteiger partial charge is 0.248 e. The molecule has 1 aromatic carbocycles. The Morgan fingerprint density at radius 3 is 2.74 bits per heavy atom. The molecule has 1 heterocycles. The number of amides is 1. The molecule has 1 amide bonds. The molecule has 0 radical (unpaired) electrons. The van der Waals surface area contributed by atoms with Crippen molar-refractivity contribution in [3.05, 3.63) is 57.8 Å². The van der Waals surface area contributed by atoms with Crippen molar-refractivity contribution in [2.75, 3.05) is 0 Å². The molecule has 1 aliphatic carbocycles. The summed E-state index contributed by atoms with van der Waals surface area (Å²) in [6, 6.07) is 12.4. The van der Waals surface area contributed by atoms with Gasteiger partial charge in [0.15, 0.2) is 0 Å². The van der Waals surface area contributed by atoms with Gasteiger partial charge in [-0.25, -0.2) is 0 Å². The molecule has 2 atom stereocenters. The molecular weight excluding hydrogens is 256 g/mol. The molecule has 0 spiro atoms. The summed E-state index contributed by atoms with van der Waals surface area (Å²) < 4.78 is 0. The number of rotatable bonds is 5. The van der Waals surface area contributed by atoms with Crippen molar-refractivity contribution in [3.8, 4) is 0 Å². The average Bonchev–Trinajstić information content (AvgIpc) is 3.01. The van der Waals surface area contributed by atoms with Crippen molar-refractivity contribution in [2.24, 2.45) is 5.73 Å². The van der Waals surface area contributed by atoms with Crippen LogP contribution in [0.5, 0.6) is 0 Å². The Labute approximate surface area is 116 Å². The highest BCUT2D eigenvalue weighted by Gasteiger charge is 2.37. The van der Waals surface area contributed by atoms with Gasteiger partial charge in [-0.15, -0.1) is 11.3 Å².